The quantitative estimate of drug-likeness (QED) is 0.277. The van der Waals surface area contributed by atoms with E-state index >= 15 is 0 Å². The minimum absolute atomic E-state index is 0. The van der Waals surface area contributed by atoms with Crippen molar-refractivity contribution in [1.29, 1.82) is 0 Å². The molecule has 0 unspecified atom stereocenters. The molecule has 102 valence electrons. The normalized spacial score (nSPS) is 10.6. The standard InChI is InChI=1S/C6H7S.C5H10.3CO.W/c1-3-6(2)4-5-7;1-2-4-5-3-1;3*1-2;/h4,7H,5H2,2H3;1-5H2;;;;/q-1;;;;;+2/b6-4-;;;;;. The molecule has 0 spiro atoms. The molecule has 1 aliphatic carbocycles. The van der Waals surface area contributed by atoms with Crippen LogP contribution in [0.2, 0.25) is 0 Å². The Morgan fingerprint density at radius 2 is 1.26 bits per heavy atom. The van der Waals surface area contributed by atoms with E-state index in [4.69, 9.17) is 20.4 Å². The predicted octanol–water partition coefficient (Wildman–Crippen LogP) is 3.29. The fraction of sp³-hybridized carbons (Fsp3) is 0.500. The Labute approximate surface area is 136 Å². The smallest absolute Gasteiger partial charge is 2.00 e. The summed E-state index contributed by atoms with van der Waals surface area (Å²) in [5.74, 6) is 2.92. The molecule has 1 rings (SSSR count). The molecule has 1 aliphatic rings. The van der Waals surface area contributed by atoms with Gasteiger partial charge >= 0.3 is 55.0 Å². The van der Waals surface area contributed by atoms with Gasteiger partial charge in [0.1, 0.15) is 0 Å². The summed E-state index contributed by atoms with van der Waals surface area (Å²) in [6, 6.07) is 0. The van der Waals surface area contributed by atoms with Crippen molar-refractivity contribution in [2.24, 2.45) is 0 Å². The van der Waals surface area contributed by atoms with E-state index in [1.807, 2.05) is 13.0 Å². The maximum absolute atomic E-state index is 7.50. The number of hydrogen-bond donors (Lipinski definition) is 1. The number of allylic oxidation sites excluding steroid dienone is 1. The zero-order chi connectivity index (χ0) is 15.2. The molecule has 0 radical (unpaired) electrons. The van der Waals surface area contributed by atoms with Gasteiger partial charge in [-0.3, -0.25) is 5.92 Å². The van der Waals surface area contributed by atoms with Crippen LogP contribution in [-0.2, 0) is 35.0 Å². The van der Waals surface area contributed by atoms with Gasteiger partial charge in [-0.05, 0) is 5.75 Å². The maximum Gasteiger partial charge on any atom is 2.00 e. The molecular weight excluding hydrogens is 432 g/mol. The molecule has 1 saturated carbocycles. The summed E-state index contributed by atoms with van der Waals surface area (Å²) in [4.78, 5) is 0. The van der Waals surface area contributed by atoms with Crippen LogP contribution in [0, 0.1) is 32.3 Å². The van der Waals surface area contributed by atoms with Gasteiger partial charge in [-0.25, -0.2) is 0 Å². The summed E-state index contributed by atoms with van der Waals surface area (Å²) in [7, 11) is 0. The first kappa shape index (κ1) is 31.1. The third-order valence-corrected chi connectivity index (χ3v) is 2.03. The van der Waals surface area contributed by atoms with Crippen LogP contribution in [0.25, 0.3) is 0 Å². The Morgan fingerprint density at radius 1 is 1.00 bits per heavy atom. The van der Waals surface area contributed by atoms with Crippen LogP contribution in [0.3, 0.4) is 0 Å². The Bertz CT molecular complexity index is 249. The molecule has 0 heterocycles. The first-order valence-electron chi connectivity index (χ1n) is 5.13. The van der Waals surface area contributed by atoms with Crippen LogP contribution in [0.4, 0.5) is 0 Å². The molecule has 0 amide bonds. The average molecular weight is 449 g/mol. The molecule has 0 saturated heterocycles. The fourth-order valence-corrected chi connectivity index (χ4v) is 1.35. The fourth-order valence-electron chi connectivity index (χ4n) is 1.07. The van der Waals surface area contributed by atoms with Crippen molar-refractivity contribution in [2.45, 2.75) is 39.0 Å². The van der Waals surface area contributed by atoms with E-state index in [1.54, 1.807) is 0 Å². The van der Waals surface area contributed by atoms with Gasteiger partial charge in [-0.1, -0.05) is 32.1 Å². The second kappa shape index (κ2) is 43.2. The van der Waals surface area contributed by atoms with Crippen molar-refractivity contribution in [2.75, 3.05) is 5.75 Å². The van der Waals surface area contributed by atoms with E-state index in [9.17, 15) is 0 Å². The van der Waals surface area contributed by atoms with E-state index in [-0.39, 0.29) is 21.1 Å². The summed E-state index contributed by atoms with van der Waals surface area (Å²) in [6.45, 7) is 15.3. The maximum atomic E-state index is 7.50. The topological polar surface area (TPSA) is 59.7 Å². The van der Waals surface area contributed by atoms with E-state index in [0.717, 1.165) is 5.57 Å². The first-order chi connectivity index (χ1) is 8.81. The molecule has 0 atom stereocenters. The number of hydrogen-bond acceptors (Lipinski definition) is 1. The molecule has 0 aromatic rings. The zero-order valence-corrected chi connectivity index (χ0v) is 14.7. The largest absolute Gasteiger partial charge is 2.00 e. The van der Waals surface area contributed by atoms with Gasteiger partial charge in [0.2, 0.25) is 0 Å². The molecule has 0 bridgehead atoms. The number of rotatable bonds is 1. The second-order valence-corrected chi connectivity index (χ2v) is 3.33. The molecule has 0 aliphatic heterocycles. The van der Waals surface area contributed by atoms with Crippen molar-refractivity contribution in [3.05, 3.63) is 38.0 Å². The third kappa shape index (κ3) is 46.5. The Kier molecular flexibility index (Phi) is 70.7. The Morgan fingerprint density at radius 3 is 1.37 bits per heavy atom. The van der Waals surface area contributed by atoms with Crippen molar-refractivity contribution in [3.8, 4) is 5.92 Å². The van der Waals surface area contributed by atoms with Crippen LogP contribution in [0.1, 0.15) is 39.0 Å². The van der Waals surface area contributed by atoms with Crippen LogP contribution in [-0.4, -0.2) is 5.75 Å². The average Bonchev–Trinajstić information content (AvgIpc) is 3.05. The summed E-state index contributed by atoms with van der Waals surface area (Å²) in [5, 5.41) is 0. The monoisotopic (exact) mass is 449 g/mol. The SMILES string of the molecule is C1CCCC1.[C-]#C/C(C)=C\CS.[C-]#[O+].[C-]#[O+].[C-]#[O+].[W+2]. The minimum Gasteiger partial charge on any atom is 2.00 e. The van der Waals surface area contributed by atoms with E-state index < -0.39 is 0 Å². The zero-order valence-electron chi connectivity index (χ0n) is 10.9. The minimum atomic E-state index is 0. The van der Waals surface area contributed by atoms with Gasteiger partial charge in [0.25, 0.3) is 0 Å². The van der Waals surface area contributed by atoms with Crippen LogP contribution in [0.15, 0.2) is 11.6 Å². The number of thiol groups is 1. The predicted molar refractivity (Wildman–Crippen MR) is 69.6 cm³/mol. The van der Waals surface area contributed by atoms with Gasteiger partial charge in [0.05, 0.1) is 0 Å². The van der Waals surface area contributed by atoms with Crippen LogP contribution in [0.5, 0.6) is 0 Å². The molecule has 0 aromatic carbocycles. The van der Waals surface area contributed by atoms with Crippen molar-refractivity contribution in [1.82, 2.24) is 0 Å². The van der Waals surface area contributed by atoms with Gasteiger partial charge in [0, 0.05) is 0 Å². The van der Waals surface area contributed by atoms with E-state index in [2.05, 4.69) is 38.5 Å². The van der Waals surface area contributed by atoms with Gasteiger partial charge in [0.15, 0.2) is 0 Å². The van der Waals surface area contributed by atoms with Gasteiger partial charge < -0.3 is 6.42 Å². The molecule has 0 aromatic heterocycles. The van der Waals surface area contributed by atoms with Crippen LogP contribution >= 0.6 is 12.6 Å². The van der Waals surface area contributed by atoms with Crippen LogP contribution < -0.4 is 0 Å². The van der Waals surface area contributed by atoms with E-state index in [1.165, 1.54) is 32.1 Å². The first-order valence-corrected chi connectivity index (χ1v) is 5.76. The molecular formula is C14H17O3SW+. The van der Waals surface area contributed by atoms with Crippen molar-refractivity contribution >= 4 is 12.6 Å². The second-order valence-electron chi connectivity index (χ2n) is 2.96. The summed E-state index contributed by atoms with van der Waals surface area (Å²) < 4.78 is 22.5. The summed E-state index contributed by atoms with van der Waals surface area (Å²) >= 11 is 3.91. The van der Waals surface area contributed by atoms with Gasteiger partial charge in [-0.15, -0.1) is 13.0 Å². The Hall–Kier alpha value is -0.442. The molecule has 5 heteroatoms. The molecule has 3 nitrogen and oxygen atoms in total. The van der Waals surface area contributed by atoms with E-state index in [0.29, 0.717) is 5.75 Å². The molecule has 19 heavy (non-hydrogen) atoms. The summed E-state index contributed by atoms with van der Waals surface area (Å²) in [6.07, 6.45) is 15.9. The van der Waals surface area contributed by atoms with Gasteiger partial charge in [-0.2, -0.15) is 18.2 Å². The third-order valence-electron chi connectivity index (χ3n) is 1.84. The molecule has 0 N–H and O–H groups in total. The molecule has 1 fully saturated rings. The summed E-state index contributed by atoms with van der Waals surface area (Å²) in [5.41, 5.74) is 0.843. The van der Waals surface area contributed by atoms with Crippen molar-refractivity contribution in [3.63, 3.8) is 0 Å². The van der Waals surface area contributed by atoms with Crippen molar-refractivity contribution < 1.29 is 35.0 Å². The Balaban J connectivity index is -0.0000000482.